The first-order valence-corrected chi connectivity index (χ1v) is 8.02. The smallest absolute Gasteiger partial charge is 0.296 e. The van der Waals surface area contributed by atoms with Gasteiger partial charge in [0.2, 0.25) is 0 Å². The topological polar surface area (TPSA) is 110 Å². The second kappa shape index (κ2) is 6.83. The molecule has 0 amide bonds. The van der Waals surface area contributed by atoms with Crippen LogP contribution in [-0.4, -0.2) is 19.1 Å². The van der Waals surface area contributed by atoms with Gasteiger partial charge < -0.3 is 0 Å². The molecule has 0 unspecified atom stereocenters. The molecule has 1 aromatic carbocycles. The van der Waals surface area contributed by atoms with E-state index < -0.39 is 11.4 Å². The van der Waals surface area contributed by atoms with Crippen LogP contribution in [0.5, 0.6) is 0 Å². The standard InChI is InChI=1S/C18H18N4O4/c1-11-7-21(17(25)19-15(11)23)9-13-3-5-14(6-4-13)10-22-8-12(2)16(24)20-18(22)26/h3-8H,9-10H2,1-2H3,(H,19,23,25)(H,20,24,26). The third-order valence-electron chi connectivity index (χ3n) is 4.11. The quantitative estimate of drug-likeness (QED) is 0.692. The molecular weight excluding hydrogens is 336 g/mol. The molecule has 0 radical (unpaired) electrons. The Labute approximate surface area is 147 Å². The van der Waals surface area contributed by atoms with Crippen LogP contribution in [0.25, 0.3) is 0 Å². The number of aryl methyl sites for hydroxylation is 2. The molecule has 3 aromatic rings. The van der Waals surface area contributed by atoms with Crippen molar-refractivity contribution in [3.8, 4) is 0 Å². The Morgan fingerprint density at radius 3 is 1.38 bits per heavy atom. The second-order valence-corrected chi connectivity index (χ2v) is 6.22. The first kappa shape index (κ1) is 17.4. The van der Waals surface area contributed by atoms with E-state index in [1.165, 1.54) is 21.5 Å². The molecule has 0 aliphatic heterocycles. The molecule has 3 rings (SSSR count). The van der Waals surface area contributed by atoms with E-state index in [-0.39, 0.29) is 11.1 Å². The molecule has 2 N–H and O–H groups in total. The van der Waals surface area contributed by atoms with Gasteiger partial charge in [0.15, 0.2) is 0 Å². The zero-order valence-corrected chi connectivity index (χ0v) is 14.4. The summed E-state index contributed by atoms with van der Waals surface area (Å²) in [4.78, 5) is 51.1. The van der Waals surface area contributed by atoms with Crippen LogP contribution in [0.1, 0.15) is 22.3 Å². The number of aromatic amines is 2. The maximum absolute atomic E-state index is 11.8. The lowest BCUT2D eigenvalue weighted by Crippen LogP contribution is -2.31. The lowest BCUT2D eigenvalue weighted by molar-refractivity contribution is 0.705. The van der Waals surface area contributed by atoms with E-state index in [4.69, 9.17) is 0 Å². The van der Waals surface area contributed by atoms with Crippen LogP contribution in [0.2, 0.25) is 0 Å². The first-order valence-electron chi connectivity index (χ1n) is 8.02. The van der Waals surface area contributed by atoms with Crippen LogP contribution in [0, 0.1) is 13.8 Å². The van der Waals surface area contributed by atoms with E-state index in [2.05, 4.69) is 9.97 Å². The first-order chi connectivity index (χ1) is 12.3. The highest BCUT2D eigenvalue weighted by molar-refractivity contribution is 5.23. The van der Waals surface area contributed by atoms with E-state index in [1.54, 1.807) is 13.8 Å². The van der Waals surface area contributed by atoms with Gasteiger partial charge in [0.25, 0.3) is 11.1 Å². The predicted molar refractivity (Wildman–Crippen MR) is 96.8 cm³/mol. The highest BCUT2D eigenvalue weighted by atomic mass is 16.2. The Bertz CT molecular complexity index is 1090. The molecule has 0 aliphatic carbocycles. The molecule has 26 heavy (non-hydrogen) atoms. The van der Waals surface area contributed by atoms with Crippen LogP contribution in [0.4, 0.5) is 0 Å². The lowest BCUT2D eigenvalue weighted by atomic mass is 10.1. The molecular formula is C18H18N4O4. The lowest BCUT2D eigenvalue weighted by Gasteiger charge is -2.09. The van der Waals surface area contributed by atoms with Gasteiger partial charge in [-0.2, -0.15) is 0 Å². The van der Waals surface area contributed by atoms with E-state index in [0.717, 1.165) is 11.1 Å². The van der Waals surface area contributed by atoms with Crippen molar-refractivity contribution in [2.24, 2.45) is 0 Å². The predicted octanol–water partition coefficient (Wildman–Crippen LogP) is 0.100. The number of hydrogen-bond acceptors (Lipinski definition) is 4. The number of hydrogen-bond donors (Lipinski definition) is 2. The van der Waals surface area contributed by atoms with E-state index in [9.17, 15) is 19.2 Å². The van der Waals surface area contributed by atoms with Crippen molar-refractivity contribution in [3.63, 3.8) is 0 Å². The minimum absolute atomic E-state index is 0.328. The van der Waals surface area contributed by atoms with Crippen molar-refractivity contribution in [3.05, 3.63) is 101 Å². The summed E-state index contributed by atoms with van der Waals surface area (Å²) in [5, 5.41) is 0. The Balaban J connectivity index is 1.81. The fraction of sp³-hybridized carbons (Fsp3) is 0.222. The van der Waals surface area contributed by atoms with E-state index in [0.29, 0.717) is 24.2 Å². The van der Waals surface area contributed by atoms with Gasteiger partial charge in [0, 0.05) is 23.5 Å². The molecule has 0 saturated carbocycles. The van der Waals surface area contributed by atoms with Gasteiger partial charge in [-0.15, -0.1) is 0 Å². The molecule has 8 nitrogen and oxygen atoms in total. The number of rotatable bonds is 4. The van der Waals surface area contributed by atoms with Gasteiger partial charge in [-0.25, -0.2) is 9.59 Å². The van der Waals surface area contributed by atoms with Crippen molar-refractivity contribution in [1.29, 1.82) is 0 Å². The van der Waals surface area contributed by atoms with Crippen molar-refractivity contribution >= 4 is 0 Å². The van der Waals surface area contributed by atoms with Gasteiger partial charge in [-0.3, -0.25) is 28.7 Å². The fourth-order valence-corrected chi connectivity index (χ4v) is 2.62. The Morgan fingerprint density at radius 2 is 1.04 bits per heavy atom. The maximum Gasteiger partial charge on any atom is 0.328 e. The van der Waals surface area contributed by atoms with Gasteiger partial charge in [-0.1, -0.05) is 24.3 Å². The highest BCUT2D eigenvalue weighted by Gasteiger charge is 2.04. The zero-order chi connectivity index (χ0) is 18.8. The van der Waals surface area contributed by atoms with Crippen LogP contribution in [0.15, 0.2) is 55.8 Å². The Morgan fingerprint density at radius 1 is 0.692 bits per heavy atom. The Kier molecular flexibility index (Phi) is 4.57. The maximum atomic E-state index is 11.8. The highest BCUT2D eigenvalue weighted by Crippen LogP contribution is 2.07. The zero-order valence-electron chi connectivity index (χ0n) is 14.4. The summed E-state index contributed by atoms with van der Waals surface area (Å²) in [6.45, 7) is 3.94. The summed E-state index contributed by atoms with van der Waals surface area (Å²) >= 11 is 0. The van der Waals surface area contributed by atoms with Crippen molar-refractivity contribution in [1.82, 2.24) is 19.1 Å². The van der Waals surface area contributed by atoms with Gasteiger partial charge in [-0.05, 0) is 25.0 Å². The summed E-state index contributed by atoms with van der Waals surface area (Å²) in [6, 6.07) is 7.41. The summed E-state index contributed by atoms with van der Waals surface area (Å²) in [6.07, 6.45) is 3.05. The monoisotopic (exact) mass is 354 g/mol. The number of benzene rings is 1. The fourth-order valence-electron chi connectivity index (χ4n) is 2.62. The minimum Gasteiger partial charge on any atom is -0.296 e. The third kappa shape index (κ3) is 3.64. The number of aromatic nitrogens is 4. The van der Waals surface area contributed by atoms with Crippen LogP contribution in [-0.2, 0) is 13.1 Å². The second-order valence-electron chi connectivity index (χ2n) is 6.22. The molecule has 2 heterocycles. The molecule has 2 aromatic heterocycles. The van der Waals surface area contributed by atoms with Crippen molar-refractivity contribution in [2.75, 3.05) is 0 Å². The molecule has 0 saturated heterocycles. The largest absolute Gasteiger partial charge is 0.328 e. The number of nitrogens with zero attached hydrogens (tertiary/aromatic N) is 2. The Hall–Kier alpha value is -3.42. The molecule has 0 aliphatic rings. The van der Waals surface area contributed by atoms with Gasteiger partial charge in [0.1, 0.15) is 0 Å². The summed E-state index contributed by atoms with van der Waals surface area (Å²) in [5.41, 5.74) is 1.01. The third-order valence-corrected chi connectivity index (χ3v) is 4.11. The van der Waals surface area contributed by atoms with Gasteiger partial charge >= 0.3 is 11.4 Å². The van der Waals surface area contributed by atoms with E-state index >= 15 is 0 Å². The summed E-state index contributed by atoms with van der Waals surface area (Å²) in [7, 11) is 0. The molecule has 134 valence electrons. The van der Waals surface area contributed by atoms with Crippen LogP contribution >= 0.6 is 0 Å². The minimum atomic E-state index is -0.458. The molecule has 0 fully saturated rings. The average Bonchev–Trinajstić information content (AvgIpc) is 2.59. The normalized spacial score (nSPS) is 10.8. The van der Waals surface area contributed by atoms with Crippen LogP contribution < -0.4 is 22.5 Å². The van der Waals surface area contributed by atoms with Crippen molar-refractivity contribution in [2.45, 2.75) is 26.9 Å². The SMILES string of the molecule is Cc1cn(Cc2ccc(Cn3cc(C)c(=O)[nH]c3=O)cc2)c(=O)[nH]c1=O. The average molecular weight is 354 g/mol. The summed E-state index contributed by atoms with van der Waals surface area (Å²) < 4.78 is 2.86. The summed E-state index contributed by atoms with van der Waals surface area (Å²) in [5.74, 6) is 0. The molecule has 0 atom stereocenters. The molecule has 0 spiro atoms. The van der Waals surface area contributed by atoms with Crippen LogP contribution in [0.3, 0.4) is 0 Å². The molecule has 0 bridgehead atoms. The van der Waals surface area contributed by atoms with E-state index in [1.807, 2.05) is 24.3 Å². The number of nitrogens with one attached hydrogen (secondary N) is 2. The molecule has 8 heteroatoms. The van der Waals surface area contributed by atoms with Crippen molar-refractivity contribution < 1.29 is 0 Å². The number of H-pyrrole nitrogens is 2. The van der Waals surface area contributed by atoms with Gasteiger partial charge in [0.05, 0.1) is 13.1 Å².